The second kappa shape index (κ2) is 5.93. The van der Waals surface area contributed by atoms with E-state index in [0.717, 1.165) is 12.8 Å². The molecule has 0 radical (unpaired) electrons. The monoisotopic (exact) mass is 220 g/mol. The number of pyridine rings is 1. The minimum Gasteiger partial charge on any atom is -0.395 e. The number of nitrogens with two attached hydrogens (primary N) is 1. The zero-order valence-electron chi connectivity index (χ0n) is 9.27. The van der Waals surface area contributed by atoms with E-state index in [1.807, 2.05) is 6.07 Å². The van der Waals surface area contributed by atoms with Gasteiger partial charge in [-0.05, 0) is 25.8 Å². The third kappa shape index (κ3) is 3.41. The molecule has 1 aromatic heterocycles. The van der Waals surface area contributed by atoms with Gasteiger partial charge in [0.05, 0.1) is 17.4 Å². The van der Waals surface area contributed by atoms with Gasteiger partial charge >= 0.3 is 0 Å². The molecule has 1 heterocycles. The van der Waals surface area contributed by atoms with Crippen molar-refractivity contribution < 1.29 is 5.11 Å². The van der Waals surface area contributed by atoms with Gasteiger partial charge in [-0.3, -0.25) is 0 Å². The van der Waals surface area contributed by atoms with Crippen LogP contribution in [0.1, 0.15) is 25.3 Å². The van der Waals surface area contributed by atoms with E-state index in [0.29, 0.717) is 23.6 Å². The highest BCUT2D eigenvalue weighted by molar-refractivity contribution is 5.68. The SMILES string of the molecule is CC(O)CCCNc1nccc(C#N)c1N. The molecule has 0 fully saturated rings. The van der Waals surface area contributed by atoms with Gasteiger partial charge in [-0.1, -0.05) is 0 Å². The highest BCUT2D eigenvalue weighted by atomic mass is 16.3. The lowest BCUT2D eigenvalue weighted by Gasteiger charge is -2.09. The van der Waals surface area contributed by atoms with Crippen molar-refractivity contribution in [3.63, 3.8) is 0 Å². The Morgan fingerprint density at radius 1 is 1.69 bits per heavy atom. The fourth-order valence-electron chi connectivity index (χ4n) is 1.32. The van der Waals surface area contributed by atoms with E-state index >= 15 is 0 Å². The van der Waals surface area contributed by atoms with E-state index in [4.69, 9.17) is 16.1 Å². The predicted molar refractivity (Wildman–Crippen MR) is 62.8 cm³/mol. The van der Waals surface area contributed by atoms with Crippen LogP contribution in [0.25, 0.3) is 0 Å². The van der Waals surface area contributed by atoms with Gasteiger partial charge in [0.1, 0.15) is 6.07 Å². The summed E-state index contributed by atoms with van der Waals surface area (Å²) in [7, 11) is 0. The van der Waals surface area contributed by atoms with Crippen LogP contribution < -0.4 is 11.1 Å². The van der Waals surface area contributed by atoms with Gasteiger partial charge in [0, 0.05) is 12.7 Å². The number of anilines is 2. The van der Waals surface area contributed by atoms with E-state index in [-0.39, 0.29) is 6.10 Å². The molecule has 0 saturated carbocycles. The van der Waals surface area contributed by atoms with Gasteiger partial charge in [0.25, 0.3) is 0 Å². The standard InChI is InChI=1S/C11H16N4O/c1-8(16)3-2-5-14-11-10(13)9(7-12)4-6-15-11/h4,6,8,16H,2-3,5,13H2,1H3,(H,14,15). The van der Waals surface area contributed by atoms with Crippen molar-refractivity contribution in [1.29, 1.82) is 5.26 Å². The van der Waals surface area contributed by atoms with Crippen molar-refractivity contribution in [3.05, 3.63) is 17.8 Å². The first-order valence-electron chi connectivity index (χ1n) is 5.21. The quantitative estimate of drug-likeness (QED) is 0.646. The first kappa shape index (κ1) is 12.3. The molecule has 0 aromatic carbocycles. The number of aliphatic hydroxyl groups is 1. The topological polar surface area (TPSA) is 95.0 Å². The molecule has 0 aliphatic heterocycles. The minimum absolute atomic E-state index is 0.294. The third-order valence-electron chi connectivity index (χ3n) is 2.20. The zero-order chi connectivity index (χ0) is 12.0. The van der Waals surface area contributed by atoms with Gasteiger partial charge < -0.3 is 16.2 Å². The molecule has 0 bridgehead atoms. The summed E-state index contributed by atoms with van der Waals surface area (Å²) in [5.41, 5.74) is 6.54. The fourth-order valence-corrected chi connectivity index (χ4v) is 1.32. The Morgan fingerprint density at radius 3 is 3.06 bits per heavy atom. The molecule has 0 aliphatic rings. The Bertz CT molecular complexity index is 384. The molecule has 1 atom stereocenters. The van der Waals surface area contributed by atoms with E-state index < -0.39 is 0 Å². The summed E-state index contributed by atoms with van der Waals surface area (Å²) in [5.74, 6) is 0.532. The molecule has 0 saturated heterocycles. The molecule has 0 amide bonds. The number of aliphatic hydroxyl groups excluding tert-OH is 1. The molecule has 5 heteroatoms. The number of hydrogen-bond acceptors (Lipinski definition) is 5. The van der Waals surface area contributed by atoms with Crippen molar-refractivity contribution in [1.82, 2.24) is 4.98 Å². The highest BCUT2D eigenvalue weighted by Gasteiger charge is 2.04. The van der Waals surface area contributed by atoms with Crippen LogP contribution in [0.3, 0.4) is 0 Å². The van der Waals surface area contributed by atoms with Crippen LogP contribution in [0.4, 0.5) is 11.5 Å². The summed E-state index contributed by atoms with van der Waals surface area (Å²) >= 11 is 0. The number of nitriles is 1. The van der Waals surface area contributed by atoms with Crippen LogP contribution in [0.5, 0.6) is 0 Å². The summed E-state index contributed by atoms with van der Waals surface area (Å²) in [6.07, 6.45) is 2.81. The summed E-state index contributed by atoms with van der Waals surface area (Å²) in [5, 5.41) is 20.9. The van der Waals surface area contributed by atoms with E-state index in [1.54, 1.807) is 19.2 Å². The van der Waals surface area contributed by atoms with E-state index in [1.165, 1.54) is 0 Å². The third-order valence-corrected chi connectivity index (χ3v) is 2.20. The lowest BCUT2D eigenvalue weighted by molar-refractivity contribution is 0.183. The van der Waals surface area contributed by atoms with Gasteiger partial charge in [-0.15, -0.1) is 0 Å². The number of aromatic nitrogens is 1. The van der Waals surface area contributed by atoms with Crippen LogP contribution in [-0.4, -0.2) is 22.7 Å². The van der Waals surface area contributed by atoms with Crippen molar-refractivity contribution in [2.24, 2.45) is 0 Å². The predicted octanol–water partition coefficient (Wildman–Crippen LogP) is 1.11. The first-order chi connectivity index (χ1) is 7.65. The van der Waals surface area contributed by atoms with Crippen molar-refractivity contribution >= 4 is 11.5 Å². The van der Waals surface area contributed by atoms with Crippen molar-refractivity contribution in [2.45, 2.75) is 25.9 Å². The molecular formula is C11H16N4O. The van der Waals surface area contributed by atoms with Crippen LogP contribution >= 0.6 is 0 Å². The Labute approximate surface area is 94.9 Å². The van der Waals surface area contributed by atoms with Crippen LogP contribution in [-0.2, 0) is 0 Å². The van der Waals surface area contributed by atoms with Crippen molar-refractivity contribution in [2.75, 3.05) is 17.6 Å². The van der Waals surface area contributed by atoms with Gasteiger partial charge in [0.15, 0.2) is 5.82 Å². The molecule has 1 aromatic rings. The zero-order valence-corrected chi connectivity index (χ0v) is 9.27. The van der Waals surface area contributed by atoms with Gasteiger partial charge in [-0.25, -0.2) is 4.98 Å². The fraction of sp³-hybridized carbons (Fsp3) is 0.455. The van der Waals surface area contributed by atoms with Crippen LogP contribution in [0.15, 0.2) is 12.3 Å². The summed E-state index contributed by atoms with van der Waals surface area (Å²) in [6, 6.07) is 3.58. The summed E-state index contributed by atoms with van der Waals surface area (Å²) in [6.45, 7) is 2.43. The first-order valence-corrected chi connectivity index (χ1v) is 5.21. The second-order valence-electron chi connectivity index (χ2n) is 3.65. The average molecular weight is 220 g/mol. The molecule has 86 valence electrons. The number of nitrogens with zero attached hydrogens (tertiary/aromatic N) is 2. The molecule has 4 N–H and O–H groups in total. The number of hydrogen-bond donors (Lipinski definition) is 3. The second-order valence-corrected chi connectivity index (χ2v) is 3.65. The normalized spacial score (nSPS) is 11.8. The Morgan fingerprint density at radius 2 is 2.44 bits per heavy atom. The molecule has 1 unspecified atom stereocenters. The lowest BCUT2D eigenvalue weighted by Crippen LogP contribution is -2.09. The van der Waals surface area contributed by atoms with Crippen LogP contribution in [0, 0.1) is 11.3 Å². The Hall–Kier alpha value is -1.80. The highest BCUT2D eigenvalue weighted by Crippen LogP contribution is 2.18. The maximum absolute atomic E-state index is 9.08. The largest absolute Gasteiger partial charge is 0.395 e. The number of nitrogens with one attached hydrogen (secondary N) is 1. The maximum Gasteiger partial charge on any atom is 0.150 e. The average Bonchev–Trinajstić information content (AvgIpc) is 2.26. The summed E-state index contributed by atoms with van der Waals surface area (Å²) < 4.78 is 0. The van der Waals surface area contributed by atoms with Crippen molar-refractivity contribution in [3.8, 4) is 6.07 Å². The maximum atomic E-state index is 9.08. The lowest BCUT2D eigenvalue weighted by atomic mass is 10.2. The van der Waals surface area contributed by atoms with E-state index in [2.05, 4.69) is 10.3 Å². The molecular weight excluding hydrogens is 204 g/mol. The number of rotatable bonds is 5. The van der Waals surface area contributed by atoms with Gasteiger partial charge in [0.2, 0.25) is 0 Å². The number of nitrogen functional groups attached to an aromatic ring is 1. The molecule has 5 nitrogen and oxygen atoms in total. The minimum atomic E-state index is -0.294. The summed E-state index contributed by atoms with van der Waals surface area (Å²) in [4.78, 5) is 4.05. The van der Waals surface area contributed by atoms with E-state index in [9.17, 15) is 0 Å². The molecule has 0 spiro atoms. The molecule has 1 rings (SSSR count). The Kier molecular flexibility index (Phi) is 4.55. The smallest absolute Gasteiger partial charge is 0.150 e. The molecule has 16 heavy (non-hydrogen) atoms. The van der Waals surface area contributed by atoms with Gasteiger partial charge in [-0.2, -0.15) is 5.26 Å². The molecule has 0 aliphatic carbocycles. The Balaban J connectivity index is 2.52. The van der Waals surface area contributed by atoms with Crippen LogP contribution in [0.2, 0.25) is 0 Å².